The van der Waals surface area contributed by atoms with E-state index in [-0.39, 0.29) is 17.2 Å². The average Bonchev–Trinajstić information content (AvgIpc) is 2.84. The molecule has 2 aromatic rings. The molecule has 0 nitrogen and oxygen atoms in total. The van der Waals surface area contributed by atoms with Crippen LogP contribution in [0.4, 0.5) is 8.78 Å². The van der Waals surface area contributed by atoms with Crippen LogP contribution in [0, 0.1) is 29.4 Å². The molecule has 0 heterocycles. The van der Waals surface area contributed by atoms with Crippen molar-refractivity contribution in [1.29, 1.82) is 0 Å². The third-order valence-corrected chi connectivity index (χ3v) is 8.96. The second-order valence-corrected chi connectivity index (χ2v) is 11.5. The molecule has 0 N–H and O–H groups in total. The Hall–Kier alpha value is -1.41. The van der Waals surface area contributed by atoms with Crippen molar-refractivity contribution in [1.82, 2.24) is 0 Å². The van der Waals surface area contributed by atoms with Gasteiger partial charge in [-0.2, -0.15) is 0 Å². The third-order valence-electron chi connectivity index (χ3n) is 8.70. The van der Waals surface area contributed by atoms with Gasteiger partial charge in [0, 0.05) is 10.6 Å². The lowest BCUT2D eigenvalue weighted by Crippen LogP contribution is -2.18. The maximum Gasteiger partial charge on any atom is 0.129 e. The van der Waals surface area contributed by atoms with Crippen LogP contribution in [0.5, 0.6) is 0 Å². The molecule has 2 aliphatic carbocycles. The minimum atomic E-state index is -0.384. The van der Waals surface area contributed by atoms with Crippen LogP contribution in [0.25, 0.3) is 0 Å². The van der Waals surface area contributed by atoms with E-state index in [2.05, 4.69) is 6.92 Å². The minimum absolute atomic E-state index is 0.209. The maximum absolute atomic E-state index is 14.9. The Bertz CT molecular complexity index is 867. The molecule has 2 aromatic carbocycles. The predicted octanol–water partition coefficient (Wildman–Crippen LogP) is 10.1. The molecule has 4 rings (SSSR count). The summed E-state index contributed by atoms with van der Waals surface area (Å²) < 4.78 is 29.7. The van der Waals surface area contributed by atoms with E-state index in [0.29, 0.717) is 23.8 Å². The summed E-state index contributed by atoms with van der Waals surface area (Å²) in [6, 6.07) is 10.7. The van der Waals surface area contributed by atoms with E-state index >= 15 is 0 Å². The molecule has 0 atom stereocenters. The Labute approximate surface area is 210 Å². The van der Waals surface area contributed by atoms with Crippen molar-refractivity contribution in [3.05, 3.63) is 69.7 Å². The van der Waals surface area contributed by atoms with Crippen molar-refractivity contribution >= 4 is 11.6 Å². The summed E-state index contributed by atoms with van der Waals surface area (Å²) in [4.78, 5) is 0. The lowest BCUT2D eigenvalue weighted by molar-refractivity contribution is 0.224. The maximum atomic E-state index is 14.9. The highest BCUT2D eigenvalue weighted by molar-refractivity contribution is 6.30. The molecule has 0 aromatic heterocycles. The molecule has 2 aliphatic rings. The van der Waals surface area contributed by atoms with Crippen LogP contribution in [0.1, 0.15) is 107 Å². The van der Waals surface area contributed by atoms with Gasteiger partial charge in [-0.25, -0.2) is 8.78 Å². The Morgan fingerprint density at radius 2 is 1.21 bits per heavy atom. The summed E-state index contributed by atoms with van der Waals surface area (Å²) in [7, 11) is 0. The normalized spacial score (nSPS) is 25.4. The third kappa shape index (κ3) is 7.06. The predicted molar refractivity (Wildman–Crippen MR) is 140 cm³/mol. The topological polar surface area (TPSA) is 0 Å². The van der Waals surface area contributed by atoms with Gasteiger partial charge in [-0.1, -0.05) is 82.0 Å². The van der Waals surface area contributed by atoms with Gasteiger partial charge < -0.3 is 0 Å². The molecule has 3 heteroatoms. The highest BCUT2D eigenvalue weighted by atomic mass is 35.5. The summed E-state index contributed by atoms with van der Waals surface area (Å²) in [6.07, 6.45) is 16.8. The molecule has 2 saturated carbocycles. The van der Waals surface area contributed by atoms with Gasteiger partial charge in [-0.3, -0.25) is 0 Å². The van der Waals surface area contributed by atoms with Crippen molar-refractivity contribution in [3.8, 4) is 0 Å². The van der Waals surface area contributed by atoms with Crippen LogP contribution in [0.15, 0.2) is 36.4 Å². The minimum Gasteiger partial charge on any atom is -0.207 e. The van der Waals surface area contributed by atoms with Crippen LogP contribution in [-0.4, -0.2) is 0 Å². The van der Waals surface area contributed by atoms with Crippen LogP contribution in [-0.2, 0) is 12.8 Å². The fourth-order valence-corrected chi connectivity index (χ4v) is 6.62. The van der Waals surface area contributed by atoms with E-state index in [0.717, 1.165) is 41.7 Å². The molecule has 34 heavy (non-hydrogen) atoms. The van der Waals surface area contributed by atoms with Crippen LogP contribution in [0.2, 0.25) is 5.02 Å². The monoisotopic (exact) mass is 486 g/mol. The Morgan fingerprint density at radius 3 is 1.74 bits per heavy atom. The molecular weight excluding hydrogens is 446 g/mol. The zero-order valence-corrected chi connectivity index (χ0v) is 21.6. The van der Waals surface area contributed by atoms with E-state index in [1.807, 2.05) is 24.3 Å². The van der Waals surface area contributed by atoms with Gasteiger partial charge in [0.15, 0.2) is 0 Å². The standard InChI is InChI=1S/C31H41ClF2/c1-2-3-22-4-6-23(7-5-22)8-9-24-10-15-26(16-11-24)27-20-30(33)29(31(34)21-27)19-14-25-12-17-28(32)18-13-25/h12-13,17-18,20-24,26H,2-11,14-16,19H2,1H3. The number of hydrogen-bond acceptors (Lipinski definition) is 0. The quantitative estimate of drug-likeness (QED) is 0.330. The fourth-order valence-electron chi connectivity index (χ4n) is 6.49. The smallest absolute Gasteiger partial charge is 0.129 e. The molecule has 0 radical (unpaired) electrons. The number of aryl methyl sites for hydroxylation is 1. The first-order valence-corrected chi connectivity index (χ1v) is 14.1. The zero-order valence-electron chi connectivity index (χ0n) is 20.8. The first-order chi connectivity index (χ1) is 16.5. The van der Waals surface area contributed by atoms with Gasteiger partial charge in [0.25, 0.3) is 0 Å². The Kier molecular flexibility index (Phi) is 9.46. The van der Waals surface area contributed by atoms with Crippen LogP contribution < -0.4 is 0 Å². The highest BCUT2D eigenvalue weighted by Crippen LogP contribution is 2.40. The first kappa shape index (κ1) is 25.7. The molecule has 0 saturated heterocycles. The van der Waals surface area contributed by atoms with Gasteiger partial charge in [0.05, 0.1) is 0 Å². The van der Waals surface area contributed by atoms with Crippen molar-refractivity contribution in [3.63, 3.8) is 0 Å². The summed E-state index contributed by atoms with van der Waals surface area (Å²) in [5.74, 6) is 2.26. The second kappa shape index (κ2) is 12.5. The van der Waals surface area contributed by atoms with E-state index in [4.69, 9.17) is 11.6 Å². The SMILES string of the molecule is CCCC1CCC(CCC2CCC(c3cc(F)c(CCc4ccc(Cl)cc4)c(F)c3)CC2)CC1. The molecule has 186 valence electrons. The second-order valence-electron chi connectivity index (χ2n) is 11.1. The zero-order chi connectivity index (χ0) is 23.9. The molecule has 0 amide bonds. The number of hydrogen-bond donors (Lipinski definition) is 0. The lowest BCUT2D eigenvalue weighted by atomic mass is 9.74. The summed E-state index contributed by atoms with van der Waals surface area (Å²) >= 11 is 5.93. The molecule has 0 aliphatic heterocycles. The molecule has 0 spiro atoms. The van der Waals surface area contributed by atoms with E-state index in [1.54, 1.807) is 12.1 Å². The van der Waals surface area contributed by atoms with Crippen LogP contribution in [0.3, 0.4) is 0 Å². The van der Waals surface area contributed by atoms with Crippen molar-refractivity contribution < 1.29 is 8.78 Å². The van der Waals surface area contributed by atoms with Gasteiger partial charge >= 0.3 is 0 Å². The number of rotatable bonds is 9. The number of halogens is 3. The van der Waals surface area contributed by atoms with Crippen molar-refractivity contribution in [2.24, 2.45) is 17.8 Å². The summed E-state index contributed by atoms with van der Waals surface area (Å²) in [5.41, 5.74) is 2.11. The van der Waals surface area contributed by atoms with Crippen molar-refractivity contribution in [2.75, 3.05) is 0 Å². The van der Waals surface area contributed by atoms with E-state index < -0.39 is 0 Å². The van der Waals surface area contributed by atoms with Gasteiger partial charge in [-0.15, -0.1) is 0 Å². The molecular formula is C31H41ClF2. The van der Waals surface area contributed by atoms with Gasteiger partial charge in [0.2, 0.25) is 0 Å². The average molecular weight is 487 g/mol. The van der Waals surface area contributed by atoms with E-state index in [9.17, 15) is 8.78 Å². The van der Waals surface area contributed by atoms with Gasteiger partial charge in [0.1, 0.15) is 11.6 Å². The van der Waals surface area contributed by atoms with E-state index in [1.165, 1.54) is 64.2 Å². The lowest BCUT2D eigenvalue weighted by Gasteiger charge is -2.32. The Morgan fingerprint density at radius 1 is 0.706 bits per heavy atom. The van der Waals surface area contributed by atoms with Crippen molar-refractivity contribution in [2.45, 2.75) is 103 Å². The van der Waals surface area contributed by atoms with Crippen LogP contribution >= 0.6 is 11.6 Å². The summed E-state index contributed by atoms with van der Waals surface area (Å²) in [5, 5.41) is 0.676. The molecule has 2 fully saturated rings. The molecule has 0 bridgehead atoms. The Balaban J connectivity index is 1.23. The molecule has 0 unspecified atom stereocenters. The van der Waals surface area contributed by atoms with Gasteiger partial charge in [-0.05, 0) is 97.6 Å². The summed E-state index contributed by atoms with van der Waals surface area (Å²) in [6.45, 7) is 2.31. The number of benzene rings is 2. The largest absolute Gasteiger partial charge is 0.207 e. The first-order valence-electron chi connectivity index (χ1n) is 13.7. The highest BCUT2D eigenvalue weighted by Gasteiger charge is 2.26. The fraction of sp³-hybridized carbons (Fsp3) is 0.613.